The summed E-state index contributed by atoms with van der Waals surface area (Å²) in [6.07, 6.45) is 0. The Hall–Kier alpha value is -1.76. The third-order valence-corrected chi connectivity index (χ3v) is 3.35. The highest BCUT2D eigenvalue weighted by Crippen LogP contribution is 2.36. The fourth-order valence-electron chi connectivity index (χ4n) is 1.74. The number of pyridine rings is 1. The van der Waals surface area contributed by atoms with Crippen molar-refractivity contribution in [1.82, 2.24) is 4.98 Å². The number of aromatic nitrogens is 1. The number of nitrogens with zero attached hydrogens (tertiary/aromatic N) is 2. The lowest BCUT2D eigenvalue weighted by Crippen LogP contribution is -1.99. The molecule has 0 aliphatic carbocycles. The average Bonchev–Trinajstić information content (AvgIpc) is 2.32. The Morgan fingerprint density at radius 2 is 2.00 bits per heavy atom. The summed E-state index contributed by atoms with van der Waals surface area (Å²) in [5.74, 6) is 0.198. The van der Waals surface area contributed by atoms with Crippen molar-refractivity contribution in [2.24, 2.45) is 0 Å². The number of halogens is 2. The Labute approximate surface area is 115 Å². The van der Waals surface area contributed by atoms with Gasteiger partial charge in [0.2, 0.25) is 0 Å². The molecule has 3 nitrogen and oxygen atoms in total. The largest absolute Gasteiger partial charge is 0.383 e. The molecule has 0 saturated heterocycles. The van der Waals surface area contributed by atoms with E-state index in [4.69, 9.17) is 34.2 Å². The van der Waals surface area contributed by atoms with Gasteiger partial charge in [-0.3, -0.25) is 0 Å². The molecule has 1 aromatic heterocycles. The number of nitrogens with two attached hydrogens (primary N) is 1. The minimum atomic E-state index is 0.198. The van der Waals surface area contributed by atoms with Gasteiger partial charge < -0.3 is 5.73 Å². The number of hydrogen-bond acceptors (Lipinski definition) is 3. The molecule has 2 aromatic rings. The molecule has 90 valence electrons. The quantitative estimate of drug-likeness (QED) is 0.862. The van der Waals surface area contributed by atoms with Crippen molar-refractivity contribution in [2.45, 2.75) is 6.92 Å². The second-order valence-electron chi connectivity index (χ2n) is 3.78. The van der Waals surface area contributed by atoms with E-state index < -0.39 is 0 Å². The summed E-state index contributed by atoms with van der Waals surface area (Å²) in [5.41, 5.74) is 8.11. The number of anilines is 1. The van der Waals surface area contributed by atoms with Crippen LogP contribution in [0.15, 0.2) is 24.3 Å². The number of hydrogen-bond donors (Lipinski definition) is 1. The van der Waals surface area contributed by atoms with Gasteiger partial charge in [0.05, 0.1) is 10.0 Å². The van der Waals surface area contributed by atoms with Crippen LogP contribution in [0.3, 0.4) is 0 Å². The second-order valence-corrected chi connectivity index (χ2v) is 4.57. The maximum absolute atomic E-state index is 9.17. The van der Waals surface area contributed by atoms with Gasteiger partial charge in [0, 0.05) is 16.8 Å². The van der Waals surface area contributed by atoms with Gasteiger partial charge in [0.15, 0.2) is 0 Å². The van der Waals surface area contributed by atoms with E-state index >= 15 is 0 Å². The molecule has 0 saturated carbocycles. The zero-order valence-electron chi connectivity index (χ0n) is 9.54. The topological polar surface area (TPSA) is 62.7 Å². The first-order valence-corrected chi connectivity index (χ1v) is 5.91. The summed E-state index contributed by atoms with van der Waals surface area (Å²) < 4.78 is 0. The summed E-state index contributed by atoms with van der Waals surface area (Å²) in [7, 11) is 0. The van der Waals surface area contributed by atoms with E-state index in [0.717, 1.165) is 5.69 Å². The van der Waals surface area contributed by atoms with Crippen molar-refractivity contribution < 1.29 is 0 Å². The third kappa shape index (κ3) is 2.13. The highest BCUT2D eigenvalue weighted by molar-refractivity contribution is 6.43. The molecule has 1 aromatic carbocycles. The first-order valence-electron chi connectivity index (χ1n) is 5.16. The molecule has 0 amide bonds. The lowest BCUT2D eigenvalue weighted by molar-refractivity contribution is 1.20. The molecule has 0 atom stereocenters. The van der Waals surface area contributed by atoms with Crippen LogP contribution in [-0.2, 0) is 0 Å². The summed E-state index contributed by atoms with van der Waals surface area (Å²) in [6, 6.07) is 9.08. The van der Waals surface area contributed by atoms with Crippen LogP contribution in [0, 0.1) is 18.3 Å². The fourth-order valence-corrected chi connectivity index (χ4v) is 2.14. The van der Waals surface area contributed by atoms with Crippen LogP contribution in [0.25, 0.3) is 11.1 Å². The van der Waals surface area contributed by atoms with Crippen molar-refractivity contribution in [1.29, 1.82) is 5.26 Å². The van der Waals surface area contributed by atoms with Gasteiger partial charge in [-0.1, -0.05) is 35.3 Å². The molecule has 0 bridgehead atoms. The average molecular weight is 278 g/mol. The van der Waals surface area contributed by atoms with Crippen molar-refractivity contribution in [3.63, 3.8) is 0 Å². The standard InChI is InChI=1S/C13H9Cl2N3/c1-7-5-9(10(6-16)13(17)18-7)8-3-2-4-11(14)12(8)15/h2-5H,1H3,(H2,17,18). The van der Waals surface area contributed by atoms with Gasteiger partial charge in [-0.05, 0) is 19.1 Å². The van der Waals surface area contributed by atoms with Gasteiger partial charge in [0.1, 0.15) is 17.5 Å². The number of nitriles is 1. The fraction of sp³-hybridized carbons (Fsp3) is 0.0769. The van der Waals surface area contributed by atoms with Crippen molar-refractivity contribution in [3.05, 3.63) is 45.6 Å². The molecule has 2 rings (SSSR count). The number of benzene rings is 1. The summed E-state index contributed by atoms with van der Waals surface area (Å²) >= 11 is 12.1. The van der Waals surface area contributed by atoms with Crippen LogP contribution in [0.2, 0.25) is 10.0 Å². The Balaban J connectivity index is 2.79. The number of aryl methyl sites for hydroxylation is 1. The number of nitrogen functional groups attached to an aromatic ring is 1. The van der Waals surface area contributed by atoms with Crippen molar-refractivity contribution in [3.8, 4) is 17.2 Å². The minimum absolute atomic E-state index is 0.198. The first kappa shape index (κ1) is 12.7. The van der Waals surface area contributed by atoms with E-state index in [2.05, 4.69) is 4.98 Å². The highest BCUT2D eigenvalue weighted by atomic mass is 35.5. The lowest BCUT2D eigenvalue weighted by Gasteiger charge is -2.10. The smallest absolute Gasteiger partial charge is 0.142 e. The minimum Gasteiger partial charge on any atom is -0.383 e. The molecule has 0 radical (unpaired) electrons. The molecular formula is C13H9Cl2N3. The summed E-state index contributed by atoms with van der Waals surface area (Å²) in [6.45, 7) is 1.81. The van der Waals surface area contributed by atoms with Crippen LogP contribution in [0.4, 0.5) is 5.82 Å². The van der Waals surface area contributed by atoms with E-state index in [1.165, 1.54) is 0 Å². The van der Waals surface area contributed by atoms with Gasteiger partial charge >= 0.3 is 0 Å². The maximum atomic E-state index is 9.17. The Morgan fingerprint density at radius 3 is 2.67 bits per heavy atom. The molecular weight excluding hydrogens is 269 g/mol. The normalized spacial score (nSPS) is 10.1. The molecule has 0 spiro atoms. The summed E-state index contributed by atoms with van der Waals surface area (Å²) in [4.78, 5) is 4.06. The van der Waals surface area contributed by atoms with E-state index in [1.54, 1.807) is 31.2 Å². The predicted octanol–water partition coefficient (Wildman–Crippen LogP) is 3.82. The predicted molar refractivity (Wildman–Crippen MR) is 73.6 cm³/mol. The van der Waals surface area contributed by atoms with Crippen LogP contribution >= 0.6 is 23.2 Å². The molecule has 0 fully saturated rings. The molecule has 5 heteroatoms. The number of rotatable bonds is 1. The maximum Gasteiger partial charge on any atom is 0.142 e. The SMILES string of the molecule is Cc1cc(-c2cccc(Cl)c2Cl)c(C#N)c(N)n1. The van der Waals surface area contributed by atoms with E-state index in [-0.39, 0.29) is 5.82 Å². The first-order chi connectivity index (χ1) is 8.54. The summed E-state index contributed by atoms with van der Waals surface area (Å²) in [5, 5.41) is 10.0. The molecule has 0 aliphatic heterocycles. The Bertz CT molecular complexity index is 660. The van der Waals surface area contributed by atoms with Crippen molar-refractivity contribution >= 4 is 29.0 Å². The molecule has 0 unspecified atom stereocenters. The monoisotopic (exact) mass is 277 g/mol. The van der Waals surface area contributed by atoms with E-state index in [1.807, 2.05) is 6.07 Å². The molecule has 2 N–H and O–H groups in total. The van der Waals surface area contributed by atoms with E-state index in [9.17, 15) is 0 Å². The Kier molecular flexibility index (Phi) is 3.42. The second kappa shape index (κ2) is 4.85. The van der Waals surface area contributed by atoms with Gasteiger partial charge in [-0.15, -0.1) is 0 Å². The van der Waals surface area contributed by atoms with Crippen LogP contribution in [0.1, 0.15) is 11.3 Å². The van der Waals surface area contributed by atoms with Gasteiger partial charge in [0.25, 0.3) is 0 Å². The molecule has 0 aliphatic rings. The van der Waals surface area contributed by atoms with E-state index in [0.29, 0.717) is 26.7 Å². The van der Waals surface area contributed by atoms with Crippen LogP contribution in [0.5, 0.6) is 0 Å². The zero-order valence-corrected chi connectivity index (χ0v) is 11.0. The van der Waals surface area contributed by atoms with Gasteiger partial charge in [-0.2, -0.15) is 5.26 Å². The van der Waals surface area contributed by atoms with Crippen molar-refractivity contribution in [2.75, 3.05) is 5.73 Å². The van der Waals surface area contributed by atoms with Crippen LogP contribution < -0.4 is 5.73 Å². The molecule has 1 heterocycles. The lowest BCUT2D eigenvalue weighted by atomic mass is 10.0. The molecule has 18 heavy (non-hydrogen) atoms. The Morgan fingerprint density at radius 1 is 1.28 bits per heavy atom. The van der Waals surface area contributed by atoms with Gasteiger partial charge in [-0.25, -0.2) is 4.98 Å². The highest BCUT2D eigenvalue weighted by Gasteiger charge is 2.14. The third-order valence-electron chi connectivity index (χ3n) is 2.53. The van der Waals surface area contributed by atoms with Crippen LogP contribution in [-0.4, -0.2) is 4.98 Å². The zero-order chi connectivity index (χ0) is 13.3.